The summed E-state index contributed by atoms with van der Waals surface area (Å²) in [5.41, 5.74) is 6.40. The molecule has 3 aromatic heterocycles. The van der Waals surface area contributed by atoms with Crippen molar-refractivity contribution in [2.45, 2.75) is 13.3 Å². The molecule has 0 saturated heterocycles. The third kappa shape index (κ3) is 1.38. The SMILES string of the molecule is CCc1nnc2sc(-c3csc(N)n3)nn12. The van der Waals surface area contributed by atoms with Crippen LogP contribution in [-0.4, -0.2) is 24.8 Å². The fourth-order valence-electron chi connectivity index (χ4n) is 1.37. The Hall–Kier alpha value is -1.54. The first-order chi connectivity index (χ1) is 7.78. The molecule has 0 spiro atoms. The molecule has 0 amide bonds. The van der Waals surface area contributed by atoms with E-state index in [-0.39, 0.29) is 0 Å². The van der Waals surface area contributed by atoms with E-state index in [4.69, 9.17) is 5.73 Å². The van der Waals surface area contributed by atoms with Crippen molar-refractivity contribution in [1.82, 2.24) is 24.8 Å². The van der Waals surface area contributed by atoms with E-state index < -0.39 is 0 Å². The second-order valence-corrected chi connectivity index (χ2v) is 4.99. The largest absolute Gasteiger partial charge is 0.375 e. The normalized spacial score (nSPS) is 11.3. The minimum Gasteiger partial charge on any atom is -0.375 e. The highest BCUT2D eigenvalue weighted by Gasteiger charge is 2.13. The standard InChI is InChI=1S/C8H8N6S2/c1-2-5-11-12-8-14(5)13-6(16-8)4-3-15-7(9)10-4/h3H,2H2,1H3,(H2,9,10). The van der Waals surface area contributed by atoms with Crippen LogP contribution >= 0.6 is 22.7 Å². The molecule has 0 unspecified atom stereocenters. The van der Waals surface area contributed by atoms with Gasteiger partial charge in [0, 0.05) is 11.8 Å². The summed E-state index contributed by atoms with van der Waals surface area (Å²) in [6, 6.07) is 0. The van der Waals surface area contributed by atoms with Crippen molar-refractivity contribution in [2.75, 3.05) is 5.73 Å². The number of thiazole rings is 1. The summed E-state index contributed by atoms with van der Waals surface area (Å²) in [5, 5.41) is 15.8. The van der Waals surface area contributed by atoms with Gasteiger partial charge in [-0.15, -0.1) is 21.5 Å². The van der Waals surface area contributed by atoms with Crippen molar-refractivity contribution in [3.05, 3.63) is 11.2 Å². The van der Waals surface area contributed by atoms with Crippen molar-refractivity contribution in [3.63, 3.8) is 0 Å². The van der Waals surface area contributed by atoms with Crippen molar-refractivity contribution < 1.29 is 0 Å². The number of aryl methyl sites for hydroxylation is 1. The highest BCUT2D eigenvalue weighted by Crippen LogP contribution is 2.27. The van der Waals surface area contributed by atoms with Gasteiger partial charge in [-0.2, -0.15) is 9.61 Å². The van der Waals surface area contributed by atoms with Crippen LogP contribution in [0.1, 0.15) is 12.7 Å². The molecule has 3 heterocycles. The molecule has 0 aromatic carbocycles. The van der Waals surface area contributed by atoms with Gasteiger partial charge in [-0.25, -0.2) is 4.98 Å². The lowest BCUT2D eigenvalue weighted by atomic mass is 10.5. The second kappa shape index (κ2) is 3.49. The molecule has 16 heavy (non-hydrogen) atoms. The smallest absolute Gasteiger partial charge is 0.235 e. The molecule has 0 aliphatic rings. The van der Waals surface area contributed by atoms with E-state index in [0.717, 1.165) is 27.9 Å². The zero-order valence-electron chi connectivity index (χ0n) is 8.41. The maximum absolute atomic E-state index is 5.59. The molecule has 0 radical (unpaired) electrons. The van der Waals surface area contributed by atoms with Crippen LogP contribution in [0.5, 0.6) is 0 Å². The first kappa shape index (κ1) is 9.67. The maximum atomic E-state index is 5.59. The van der Waals surface area contributed by atoms with Crippen LogP contribution < -0.4 is 5.73 Å². The Kier molecular flexibility index (Phi) is 2.11. The average Bonchev–Trinajstić information content (AvgIpc) is 2.90. The molecule has 0 saturated carbocycles. The predicted octanol–water partition coefficient (Wildman–Crippen LogP) is 1.45. The molecular formula is C8H8N6S2. The van der Waals surface area contributed by atoms with Crippen molar-refractivity contribution in [3.8, 4) is 10.7 Å². The molecule has 3 aromatic rings. The van der Waals surface area contributed by atoms with Crippen molar-refractivity contribution >= 4 is 32.8 Å². The molecule has 0 aliphatic heterocycles. The minimum absolute atomic E-state index is 0.552. The molecule has 0 atom stereocenters. The summed E-state index contributed by atoms with van der Waals surface area (Å²) >= 11 is 2.88. The van der Waals surface area contributed by atoms with E-state index in [9.17, 15) is 0 Å². The van der Waals surface area contributed by atoms with Gasteiger partial charge in [0.05, 0.1) is 0 Å². The summed E-state index contributed by atoms with van der Waals surface area (Å²) in [7, 11) is 0. The van der Waals surface area contributed by atoms with Crippen molar-refractivity contribution in [2.24, 2.45) is 0 Å². The van der Waals surface area contributed by atoms with Gasteiger partial charge < -0.3 is 5.73 Å². The predicted molar refractivity (Wildman–Crippen MR) is 63.6 cm³/mol. The maximum Gasteiger partial charge on any atom is 0.235 e. The van der Waals surface area contributed by atoms with Crippen LogP contribution in [0.25, 0.3) is 15.7 Å². The Morgan fingerprint density at radius 3 is 3.00 bits per heavy atom. The average molecular weight is 252 g/mol. The van der Waals surface area contributed by atoms with E-state index in [1.807, 2.05) is 12.3 Å². The Morgan fingerprint density at radius 1 is 1.44 bits per heavy atom. The van der Waals surface area contributed by atoms with Gasteiger partial charge in [0.15, 0.2) is 16.0 Å². The number of nitrogen functional groups attached to an aromatic ring is 1. The van der Waals surface area contributed by atoms with E-state index in [2.05, 4.69) is 20.3 Å². The summed E-state index contributed by atoms with van der Waals surface area (Å²) in [5.74, 6) is 0.862. The zero-order valence-corrected chi connectivity index (χ0v) is 10.0. The third-order valence-electron chi connectivity index (χ3n) is 2.11. The highest BCUT2D eigenvalue weighted by molar-refractivity contribution is 7.20. The molecule has 0 aliphatic carbocycles. The minimum atomic E-state index is 0.552. The summed E-state index contributed by atoms with van der Waals surface area (Å²) in [6.45, 7) is 2.02. The van der Waals surface area contributed by atoms with Crippen LogP contribution in [0.4, 0.5) is 5.13 Å². The molecule has 0 bridgehead atoms. The topological polar surface area (TPSA) is 82.0 Å². The number of anilines is 1. The number of nitrogens with two attached hydrogens (primary N) is 1. The van der Waals surface area contributed by atoms with Crippen molar-refractivity contribution in [1.29, 1.82) is 0 Å². The van der Waals surface area contributed by atoms with Gasteiger partial charge in [-0.1, -0.05) is 18.3 Å². The molecule has 82 valence electrons. The van der Waals surface area contributed by atoms with Crippen LogP contribution in [0.3, 0.4) is 0 Å². The lowest BCUT2D eigenvalue weighted by Gasteiger charge is -1.87. The van der Waals surface area contributed by atoms with E-state index in [0.29, 0.717) is 5.13 Å². The Bertz CT molecular complexity index is 636. The Labute approximate surface area is 98.8 Å². The first-order valence-corrected chi connectivity index (χ1v) is 6.40. The number of aromatic nitrogens is 5. The number of fused-ring (bicyclic) bond motifs is 1. The number of rotatable bonds is 2. The van der Waals surface area contributed by atoms with Gasteiger partial charge in [0.2, 0.25) is 4.96 Å². The monoisotopic (exact) mass is 252 g/mol. The van der Waals surface area contributed by atoms with E-state index in [1.165, 1.54) is 22.7 Å². The third-order valence-corrected chi connectivity index (χ3v) is 3.71. The molecule has 6 nitrogen and oxygen atoms in total. The fourth-order valence-corrected chi connectivity index (χ4v) is 2.81. The second-order valence-electron chi connectivity index (χ2n) is 3.14. The number of hydrogen-bond donors (Lipinski definition) is 1. The molecule has 3 rings (SSSR count). The first-order valence-electron chi connectivity index (χ1n) is 4.70. The lowest BCUT2D eigenvalue weighted by Crippen LogP contribution is -1.93. The van der Waals surface area contributed by atoms with Crippen LogP contribution in [0.2, 0.25) is 0 Å². The quantitative estimate of drug-likeness (QED) is 0.746. The fraction of sp³-hybridized carbons (Fsp3) is 0.250. The van der Waals surface area contributed by atoms with Crippen LogP contribution in [0, 0.1) is 0 Å². The number of nitrogens with zero attached hydrogens (tertiary/aromatic N) is 5. The van der Waals surface area contributed by atoms with Gasteiger partial charge in [-0.05, 0) is 0 Å². The van der Waals surface area contributed by atoms with Gasteiger partial charge in [-0.3, -0.25) is 0 Å². The summed E-state index contributed by atoms with van der Waals surface area (Å²) in [6.07, 6.45) is 0.809. The Balaban J connectivity index is 2.15. The number of hydrogen-bond acceptors (Lipinski definition) is 7. The summed E-state index contributed by atoms with van der Waals surface area (Å²) in [4.78, 5) is 4.98. The van der Waals surface area contributed by atoms with Gasteiger partial charge in [0.1, 0.15) is 5.69 Å². The lowest BCUT2D eigenvalue weighted by molar-refractivity contribution is 0.837. The highest BCUT2D eigenvalue weighted by atomic mass is 32.1. The van der Waals surface area contributed by atoms with Crippen LogP contribution in [-0.2, 0) is 6.42 Å². The van der Waals surface area contributed by atoms with Crippen LogP contribution in [0.15, 0.2) is 5.38 Å². The van der Waals surface area contributed by atoms with E-state index in [1.54, 1.807) is 4.52 Å². The van der Waals surface area contributed by atoms with E-state index >= 15 is 0 Å². The molecule has 8 heteroatoms. The molecule has 2 N–H and O–H groups in total. The molecule has 0 fully saturated rings. The molecular weight excluding hydrogens is 244 g/mol. The summed E-state index contributed by atoms with van der Waals surface area (Å²) < 4.78 is 1.76. The Morgan fingerprint density at radius 2 is 2.31 bits per heavy atom. The zero-order chi connectivity index (χ0) is 11.1. The van der Waals surface area contributed by atoms with Gasteiger partial charge >= 0.3 is 0 Å². The van der Waals surface area contributed by atoms with Gasteiger partial charge in [0.25, 0.3) is 0 Å².